The van der Waals surface area contributed by atoms with Gasteiger partial charge < -0.3 is 15.5 Å². The van der Waals surface area contributed by atoms with Crippen LogP contribution in [-0.2, 0) is 16.0 Å². The Balaban J connectivity index is 1.89. The van der Waals surface area contributed by atoms with Crippen molar-refractivity contribution in [2.45, 2.75) is 32.4 Å². The molecule has 0 aliphatic heterocycles. The summed E-state index contributed by atoms with van der Waals surface area (Å²) in [6.45, 7) is 3.48. The molecular weight excluding hydrogens is 388 g/mol. The van der Waals surface area contributed by atoms with Gasteiger partial charge in [0.1, 0.15) is 23.3 Å². The number of fused-ring (bicyclic) bond motifs is 1. The Morgan fingerprint density at radius 1 is 1.10 bits per heavy atom. The molecule has 0 aliphatic rings. The Kier molecular flexibility index (Phi) is 6.10. The third kappa shape index (κ3) is 4.45. The number of hydrogen-bond acceptors (Lipinski definition) is 6. The quantitative estimate of drug-likeness (QED) is 0.537. The minimum atomic E-state index is -1.22. The summed E-state index contributed by atoms with van der Waals surface area (Å²) >= 11 is 0. The van der Waals surface area contributed by atoms with Crippen LogP contribution in [0.15, 0.2) is 53.3 Å². The largest absolute Gasteiger partial charge is 0.508 e. The SMILES string of the molecule is CC(C)C(C(=O)NC(Cc1ccc(O)cc1)C(=O)O)n1nnc2ccccc2c1=O. The second-order valence-corrected chi connectivity index (χ2v) is 7.32. The second-order valence-electron chi connectivity index (χ2n) is 7.32. The Morgan fingerprint density at radius 2 is 1.77 bits per heavy atom. The van der Waals surface area contributed by atoms with Gasteiger partial charge in [-0.15, -0.1) is 5.10 Å². The first-order valence-electron chi connectivity index (χ1n) is 9.43. The first-order chi connectivity index (χ1) is 14.3. The predicted octanol–water partition coefficient (Wildman–Crippen LogP) is 1.51. The van der Waals surface area contributed by atoms with E-state index in [0.717, 1.165) is 4.68 Å². The molecule has 2 atom stereocenters. The minimum Gasteiger partial charge on any atom is -0.508 e. The number of aromatic nitrogens is 3. The molecule has 1 aromatic heterocycles. The van der Waals surface area contributed by atoms with Crippen LogP contribution in [0.5, 0.6) is 5.75 Å². The third-order valence-corrected chi connectivity index (χ3v) is 4.75. The highest BCUT2D eigenvalue weighted by molar-refractivity contribution is 5.86. The number of carboxylic acids is 1. The molecule has 9 heteroatoms. The number of nitrogens with zero attached hydrogens (tertiary/aromatic N) is 3. The highest BCUT2D eigenvalue weighted by Gasteiger charge is 2.31. The van der Waals surface area contributed by atoms with Gasteiger partial charge in [0.2, 0.25) is 5.91 Å². The summed E-state index contributed by atoms with van der Waals surface area (Å²) in [5, 5.41) is 29.7. The van der Waals surface area contributed by atoms with Crippen molar-refractivity contribution in [3.63, 3.8) is 0 Å². The summed E-state index contributed by atoms with van der Waals surface area (Å²) in [5.74, 6) is -2.14. The van der Waals surface area contributed by atoms with Crippen molar-refractivity contribution < 1.29 is 19.8 Å². The van der Waals surface area contributed by atoms with Crippen LogP contribution >= 0.6 is 0 Å². The maximum atomic E-state index is 13.0. The normalized spacial score (nSPS) is 13.2. The number of amides is 1. The van der Waals surface area contributed by atoms with E-state index in [2.05, 4.69) is 15.6 Å². The summed E-state index contributed by atoms with van der Waals surface area (Å²) in [7, 11) is 0. The number of hydrogen-bond donors (Lipinski definition) is 3. The molecule has 2 unspecified atom stereocenters. The Hall–Kier alpha value is -3.75. The van der Waals surface area contributed by atoms with Crippen molar-refractivity contribution in [2.75, 3.05) is 0 Å². The number of phenols is 1. The van der Waals surface area contributed by atoms with Crippen LogP contribution in [0.25, 0.3) is 10.9 Å². The van der Waals surface area contributed by atoms with Crippen molar-refractivity contribution in [3.8, 4) is 5.75 Å². The lowest BCUT2D eigenvalue weighted by atomic mass is 10.0. The van der Waals surface area contributed by atoms with Gasteiger partial charge in [0.05, 0.1) is 5.39 Å². The first kappa shape index (κ1) is 21.0. The van der Waals surface area contributed by atoms with Crippen molar-refractivity contribution in [3.05, 3.63) is 64.4 Å². The van der Waals surface area contributed by atoms with Crippen molar-refractivity contribution in [1.82, 2.24) is 20.3 Å². The van der Waals surface area contributed by atoms with Gasteiger partial charge in [-0.05, 0) is 35.7 Å². The zero-order valence-corrected chi connectivity index (χ0v) is 16.5. The van der Waals surface area contributed by atoms with Gasteiger partial charge >= 0.3 is 5.97 Å². The molecule has 9 nitrogen and oxygen atoms in total. The van der Waals surface area contributed by atoms with E-state index in [1.165, 1.54) is 12.1 Å². The van der Waals surface area contributed by atoms with Gasteiger partial charge in [0.15, 0.2) is 0 Å². The smallest absolute Gasteiger partial charge is 0.326 e. The number of aromatic hydroxyl groups is 1. The van der Waals surface area contributed by atoms with Crippen LogP contribution in [0.3, 0.4) is 0 Å². The Bertz CT molecular complexity index is 1120. The monoisotopic (exact) mass is 410 g/mol. The molecule has 1 amide bonds. The number of rotatable bonds is 7. The fourth-order valence-electron chi connectivity index (χ4n) is 3.21. The van der Waals surface area contributed by atoms with Crippen LogP contribution in [0.2, 0.25) is 0 Å². The molecule has 0 spiro atoms. The molecule has 0 radical (unpaired) electrons. The number of benzene rings is 2. The molecule has 0 saturated heterocycles. The van der Waals surface area contributed by atoms with Crippen molar-refractivity contribution >= 4 is 22.8 Å². The molecule has 1 heterocycles. The van der Waals surface area contributed by atoms with E-state index >= 15 is 0 Å². The van der Waals surface area contributed by atoms with E-state index in [9.17, 15) is 24.6 Å². The van der Waals surface area contributed by atoms with Crippen molar-refractivity contribution in [1.29, 1.82) is 0 Å². The standard InChI is InChI=1S/C21H22N4O5/c1-12(2)18(25-20(28)15-5-3-4-6-16(15)23-24-25)19(27)22-17(21(29)30)11-13-7-9-14(26)10-8-13/h3-10,12,17-18,26H,11H2,1-2H3,(H,22,27)(H,29,30). The van der Waals surface area contributed by atoms with Gasteiger partial charge in [0, 0.05) is 6.42 Å². The minimum absolute atomic E-state index is 0.0183. The van der Waals surface area contributed by atoms with Gasteiger partial charge in [-0.3, -0.25) is 9.59 Å². The maximum Gasteiger partial charge on any atom is 0.326 e. The number of nitrogens with one attached hydrogen (secondary N) is 1. The summed E-state index contributed by atoms with van der Waals surface area (Å²) in [4.78, 5) is 37.6. The lowest BCUT2D eigenvalue weighted by Crippen LogP contribution is -2.48. The summed E-state index contributed by atoms with van der Waals surface area (Å²) in [6, 6.07) is 10.5. The van der Waals surface area contributed by atoms with E-state index in [1.807, 2.05) is 0 Å². The van der Waals surface area contributed by atoms with Gasteiger partial charge in [-0.2, -0.15) is 4.68 Å². The molecule has 0 aliphatic carbocycles. The molecule has 0 bridgehead atoms. The average molecular weight is 410 g/mol. The molecule has 156 valence electrons. The summed E-state index contributed by atoms with van der Waals surface area (Å²) in [5.41, 5.74) is 0.571. The number of carboxylic acid groups (broad SMARTS) is 1. The summed E-state index contributed by atoms with van der Waals surface area (Å²) < 4.78 is 1.00. The highest BCUT2D eigenvalue weighted by Crippen LogP contribution is 2.17. The second kappa shape index (κ2) is 8.73. The van der Waals surface area contributed by atoms with E-state index in [1.54, 1.807) is 50.2 Å². The highest BCUT2D eigenvalue weighted by atomic mass is 16.4. The zero-order valence-electron chi connectivity index (χ0n) is 16.5. The first-order valence-corrected chi connectivity index (χ1v) is 9.43. The number of aliphatic carboxylic acids is 1. The maximum absolute atomic E-state index is 13.0. The molecule has 30 heavy (non-hydrogen) atoms. The molecule has 3 aromatic rings. The van der Waals surface area contributed by atoms with E-state index in [4.69, 9.17) is 0 Å². The number of carbonyl (C=O) groups excluding carboxylic acids is 1. The van der Waals surface area contributed by atoms with Gasteiger partial charge in [0.25, 0.3) is 5.56 Å². The molecule has 2 aromatic carbocycles. The van der Waals surface area contributed by atoms with Gasteiger partial charge in [-0.1, -0.05) is 43.3 Å². The summed E-state index contributed by atoms with van der Waals surface area (Å²) in [6.07, 6.45) is 0.0183. The lowest BCUT2D eigenvalue weighted by molar-refractivity contribution is -0.142. The van der Waals surface area contributed by atoms with E-state index < -0.39 is 29.5 Å². The van der Waals surface area contributed by atoms with E-state index in [-0.39, 0.29) is 18.1 Å². The van der Waals surface area contributed by atoms with Crippen LogP contribution in [0.1, 0.15) is 25.5 Å². The molecule has 3 rings (SSSR count). The fourth-order valence-corrected chi connectivity index (χ4v) is 3.21. The zero-order chi connectivity index (χ0) is 21.8. The van der Waals surface area contributed by atoms with Crippen LogP contribution in [0, 0.1) is 5.92 Å². The van der Waals surface area contributed by atoms with Gasteiger partial charge in [-0.25, -0.2) is 4.79 Å². The number of carbonyl (C=O) groups is 2. The molecular formula is C21H22N4O5. The Morgan fingerprint density at radius 3 is 2.40 bits per heavy atom. The van der Waals surface area contributed by atoms with Crippen LogP contribution < -0.4 is 10.9 Å². The molecule has 0 saturated carbocycles. The fraction of sp³-hybridized carbons (Fsp3) is 0.286. The van der Waals surface area contributed by atoms with Crippen molar-refractivity contribution in [2.24, 2.45) is 5.92 Å². The average Bonchev–Trinajstić information content (AvgIpc) is 2.71. The topological polar surface area (TPSA) is 134 Å². The molecule has 3 N–H and O–H groups in total. The molecule has 0 fully saturated rings. The third-order valence-electron chi connectivity index (χ3n) is 4.75. The van der Waals surface area contributed by atoms with Crippen LogP contribution in [-0.4, -0.2) is 43.1 Å². The predicted molar refractivity (Wildman–Crippen MR) is 109 cm³/mol. The van der Waals surface area contributed by atoms with Crippen LogP contribution in [0.4, 0.5) is 0 Å². The lowest BCUT2D eigenvalue weighted by Gasteiger charge is -2.23. The number of phenolic OH excluding ortho intramolecular Hbond substituents is 1. The van der Waals surface area contributed by atoms with E-state index in [0.29, 0.717) is 16.5 Å². The Labute approximate surface area is 172 Å².